The Balaban J connectivity index is 1.80. The topological polar surface area (TPSA) is 128 Å². The maximum atomic E-state index is 14.3. The lowest BCUT2D eigenvalue weighted by molar-refractivity contribution is 0.0981. The number of rotatable bonds is 7. The fraction of sp³-hybridized carbons (Fsp3) is 0.346. The summed E-state index contributed by atoms with van der Waals surface area (Å²) >= 11 is 0. The molecular formula is C26H30FN5O4S. The van der Waals surface area contributed by atoms with Gasteiger partial charge in [-0.2, -0.15) is 0 Å². The largest absolute Gasteiger partial charge is 0.494 e. The molecule has 1 atom stereocenters. The normalized spacial score (nSPS) is 17.0. The Labute approximate surface area is 215 Å². The van der Waals surface area contributed by atoms with Gasteiger partial charge in [-0.25, -0.2) is 27.5 Å². The number of nitrogen functional groups attached to an aromatic ring is 1. The van der Waals surface area contributed by atoms with Crippen molar-refractivity contribution in [2.75, 3.05) is 23.8 Å². The molecule has 0 radical (unpaired) electrons. The number of nitrogens with zero attached hydrogens (tertiary/aromatic N) is 3. The Kier molecular flexibility index (Phi) is 7.09. The number of anilines is 2. The highest BCUT2D eigenvalue weighted by Gasteiger charge is 2.39. The zero-order valence-electron chi connectivity index (χ0n) is 21.2. The summed E-state index contributed by atoms with van der Waals surface area (Å²) in [7, 11) is -4.30. The quantitative estimate of drug-likeness (QED) is 0.472. The molecule has 3 aromatic rings. The molecule has 1 amide bonds. The molecule has 3 N–H and O–H groups in total. The Bertz CT molecular complexity index is 1440. The molecule has 1 aromatic carbocycles. The van der Waals surface area contributed by atoms with E-state index in [1.165, 1.54) is 36.5 Å². The number of nitrogens with two attached hydrogens (primary N) is 1. The van der Waals surface area contributed by atoms with Crippen molar-refractivity contribution in [3.8, 4) is 17.0 Å². The number of ether oxygens (including phenoxy) is 1. The van der Waals surface area contributed by atoms with E-state index in [4.69, 9.17) is 15.5 Å². The first-order chi connectivity index (χ1) is 17.4. The molecule has 0 spiro atoms. The fourth-order valence-electron chi connectivity index (χ4n) is 4.77. The number of amides is 1. The maximum Gasteiger partial charge on any atom is 0.268 e. The molecule has 1 saturated heterocycles. The lowest BCUT2D eigenvalue weighted by Gasteiger charge is -2.34. The van der Waals surface area contributed by atoms with Crippen molar-refractivity contribution in [1.29, 1.82) is 0 Å². The van der Waals surface area contributed by atoms with Gasteiger partial charge in [0, 0.05) is 29.9 Å². The average Bonchev–Trinajstić information content (AvgIpc) is 3.10. The molecule has 1 aliphatic rings. The van der Waals surface area contributed by atoms with Crippen LogP contribution in [0.15, 0.2) is 53.6 Å². The summed E-state index contributed by atoms with van der Waals surface area (Å²) in [5.41, 5.74) is 6.33. The zero-order valence-corrected chi connectivity index (χ0v) is 22.0. The summed E-state index contributed by atoms with van der Waals surface area (Å²) in [4.78, 5) is 23.6. The molecule has 37 heavy (non-hydrogen) atoms. The van der Waals surface area contributed by atoms with E-state index in [9.17, 15) is 17.6 Å². The Morgan fingerprint density at radius 1 is 1.27 bits per heavy atom. The summed E-state index contributed by atoms with van der Waals surface area (Å²) in [6, 6.07) is 10.0. The Morgan fingerprint density at radius 3 is 2.68 bits per heavy atom. The summed E-state index contributed by atoms with van der Waals surface area (Å²) in [5.74, 6) is -0.585. The smallest absolute Gasteiger partial charge is 0.268 e. The number of sulfonamides is 1. The SMILES string of the molecule is CCOc1cc(F)cc(-c2ccc(C(=O)NS(=O)(=O)c3cccnc3N)c(N3C[C@@H](C)CC3(C)C)n2)c1. The van der Waals surface area contributed by atoms with Crippen molar-refractivity contribution in [3.63, 3.8) is 0 Å². The van der Waals surface area contributed by atoms with Crippen LogP contribution < -0.4 is 20.1 Å². The van der Waals surface area contributed by atoms with E-state index in [0.29, 0.717) is 41.9 Å². The molecule has 196 valence electrons. The van der Waals surface area contributed by atoms with Crippen molar-refractivity contribution in [2.45, 2.75) is 44.6 Å². The lowest BCUT2D eigenvalue weighted by Crippen LogP contribution is -2.41. The molecule has 4 rings (SSSR count). The van der Waals surface area contributed by atoms with Crippen LogP contribution in [0.2, 0.25) is 0 Å². The molecular weight excluding hydrogens is 497 g/mol. The van der Waals surface area contributed by atoms with E-state index in [-0.39, 0.29) is 21.8 Å². The zero-order chi connectivity index (χ0) is 27.0. The highest BCUT2D eigenvalue weighted by atomic mass is 32.2. The predicted molar refractivity (Wildman–Crippen MR) is 139 cm³/mol. The minimum absolute atomic E-state index is 0.0680. The summed E-state index contributed by atoms with van der Waals surface area (Å²) in [6.45, 7) is 8.96. The van der Waals surface area contributed by atoms with Crippen LogP contribution >= 0.6 is 0 Å². The third-order valence-corrected chi connectivity index (χ3v) is 7.62. The Hall–Kier alpha value is -3.73. The first-order valence-electron chi connectivity index (χ1n) is 11.9. The lowest BCUT2D eigenvalue weighted by atomic mass is 9.97. The van der Waals surface area contributed by atoms with E-state index in [2.05, 4.69) is 16.6 Å². The molecule has 0 bridgehead atoms. The van der Waals surface area contributed by atoms with Gasteiger partial charge in [-0.05, 0) is 69.5 Å². The second-order valence-electron chi connectivity index (χ2n) is 9.73. The second-order valence-corrected chi connectivity index (χ2v) is 11.4. The van der Waals surface area contributed by atoms with Crippen LogP contribution in [0.25, 0.3) is 11.3 Å². The number of hydrogen-bond acceptors (Lipinski definition) is 8. The number of aromatic nitrogens is 2. The number of pyridine rings is 2. The third kappa shape index (κ3) is 5.51. The van der Waals surface area contributed by atoms with Crippen LogP contribution in [0.5, 0.6) is 5.75 Å². The average molecular weight is 528 g/mol. The van der Waals surface area contributed by atoms with E-state index in [0.717, 1.165) is 6.42 Å². The van der Waals surface area contributed by atoms with Crippen LogP contribution in [0.3, 0.4) is 0 Å². The molecule has 2 aromatic heterocycles. The third-order valence-electron chi connectivity index (χ3n) is 6.24. The molecule has 3 heterocycles. The summed E-state index contributed by atoms with van der Waals surface area (Å²) in [6.07, 6.45) is 2.20. The molecule has 11 heteroatoms. The van der Waals surface area contributed by atoms with Crippen LogP contribution in [0, 0.1) is 11.7 Å². The van der Waals surface area contributed by atoms with Gasteiger partial charge in [0.15, 0.2) is 0 Å². The van der Waals surface area contributed by atoms with Crippen molar-refractivity contribution in [1.82, 2.24) is 14.7 Å². The molecule has 9 nitrogen and oxygen atoms in total. The number of carbonyl (C=O) groups is 1. The standard InChI is InChI=1S/C26H30FN5O4S/c1-5-36-19-12-17(11-18(27)13-19)21-9-8-20(24(30-21)32-15-16(2)14-26(32,3)4)25(33)31-37(34,35)22-7-6-10-29-23(22)28/h6-13,16H,5,14-15H2,1-4H3,(H2,28,29)(H,31,33)/t16-/m0/s1. The first kappa shape index (κ1) is 26.3. The van der Waals surface area contributed by atoms with E-state index >= 15 is 0 Å². The number of carbonyl (C=O) groups excluding carboxylic acids is 1. The van der Waals surface area contributed by atoms with Crippen molar-refractivity contribution < 1.29 is 22.3 Å². The van der Waals surface area contributed by atoms with Gasteiger partial charge < -0.3 is 15.4 Å². The molecule has 1 aliphatic heterocycles. The summed E-state index contributed by atoms with van der Waals surface area (Å²) < 4.78 is 47.8. The van der Waals surface area contributed by atoms with Crippen LogP contribution in [-0.2, 0) is 10.0 Å². The van der Waals surface area contributed by atoms with Gasteiger partial charge in [0.05, 0.1) is 17.9 Å². The fourth-order valence-corrected chi connectivity index (χ4v) is 5.82. The number of nitrogens with one attached hydrogen (secondary N) is 1. The van der Waals surface area contributed by atoms with Gasteiger partial charge in [0.1, 0.15) is 28.1 Å². The van der Waals surface area contributed by atoms with Crippen LogP contribution in [0.1, 0.15) is 44.5 Å². The number of benzene rings is 1. The highest BCUT2D eigenvalue weighted by molar-refractivity contribution is 7.90. The highest BCUT2D eigenvalue weighted by Crippen LogP contribution is 2.38. The predicted octanol–water partition coefficient (Wildman–Crippen LogP) is 4.01. The van der Waals surface area contributed by atoms with Gasteiger partial charge in [0.2, 0.25) is 0 Å². The van der Waals surface area contributed by atoms with Crippen molar-refractivity contribution in [2.24, 2.45) is 5.92 Å². The van der Waals surface area contributed by atoms with Gasteiger partial charge in [-0.1, -0.05) is 6.92 Å². The second kappa shape index (κ2) is 9.97. The molecule has 0 unspecified atom stereocenters. The van der Waals surface area contributed by atoms with Crippen molar-refractivity contribution >= 4 is 27.6 Å². The Morgan fingerprint density at radius 2 is 2.03 bits per heavy atom. The van der Waals surface area contributed by atoms with Crippen LogP contribution in [-0.4, -0.2) is 43.0 Å². The number of halogens is 1. The monoisotopic (exact) mass is 527 g/mol. The molecule has 0 saturated carbocycles. The molecule has 0 aliphatic carbocycles. The number of hydrogen-bond donors (Lipinski definition) is 2. The minimum Gasteiger partial charge on any atom is -0.494 e. The van der Waals surface area contributed by atoms with Gasteiger partial charge in [-0.15, -0.1) is 0 Å². The van der Waals surface area contributed by atoms with Crippen molar-refractivity contribution in [3.05, 3.63) is 60.0 Å². The van der Waals surface area contributed by atoms with Gasteiger partial charge >= 0.3 is 0 Å². The van der Waals surface area contributed by atoms with E-state index in [1.54, 1.807) is 19.1 Å². The summed E-state index contributed by atoms with van der Waals surface area (Å²) in [5, 5.41) is 0. The van der Waals surface area contributed by atoms with E-state index < -0.39 is 21.7 Å². The first-order valence-corrected chi connectivity index (χ1v) is 13.4. The maximum absolute atomic E-state index is 14.3. The molecule has 1 fully saturated rings. The van der Waals surface area contributed by atoms with Gasteiger partial charge in [0.25, 0.3) is 15.9 Å². The van der Waals surface area contributed by atoms with Crippen LogP contribution in [0.4, 0.5) is 16.0 Å². The van der Waals surface area contributed by atoms with E-state index in [1.807, 2.05) is 18.7 Å². The minimum atomic E-state index is -4.30. The van der Waals surface area contributed by atoms with Gasteiger partial charge in [-0.3, -0.25) is 4.79 Å².